The molecule has 0 aliphatic heterocycles. The Morgan fingerprint density at radius 3 is 2.63 bits per heavy atom. The third-order valence-corrected chi connectivity index (χ3v) is 5.78. The Bertz CT molecular complexity index is 788. The highest BCUT2D eigenvalue weighted by atomic mass is 32.1. The number of ether oxygens (including phenoxy) is 1. The monoisotopic (exact) mass is 387 g/mol. The number of nitrogens with zero attached hydrogens (tertiary/aromatic N) is 1. The molecule has 144 valence electrons. The molecule has 7 heteroatoms. The zero-order valence-electron chi connectivity index (χ0n) is 15.7. The highest BCUT2D eigenvalue weighted by molar-refractivity contribution is 7.13. The van der Waals surface area contributed by atoms with Gasteiger partial charge in [-0.2, -0.15) is 0 Å². The summed E-state index contributed by atoms with van der Waals surface area (Å²) in [6.45, 7) is 3.89. The predicted molar refractivity (Wildman–Crippen MR) is 106 cm³/mol. The van der Waals surface area contributed by atoms with E-state index in [0.717, 1.165) is 35.5 Å². The third-order valence-electron chi connectivity index (χ3n) is 4.77. The smallest absolute Gasteiger partial charge is 0.321 e. The fourth-order valence-electron chi connectivity index (χ4n) is 3.23. The summed E-state index contributed by atoms with van der Waals surface area (Å²) in [7, 11) is 0. The van der Waals surface area contributed by atoms with Crippen LogP contribution in [-0.4, -0.2) is 29.6 Å². The van der Waals surface area contributed by atoms with Crippen molar-refractivity contribution in [2.75, 3.05) is 6.61 Å². The van der Waals surface area contributed by atoms with Gasteiger partial charge in [0.25, 0.3) is 5.91 Å². The molecule has 1 fully saturated rings. The standard InChI is InChI=1S/C20H25N3O3S/c1-13-5-3-4-6-17(13)22-20(25)23-18(24)11-26-16-9-7-15(8-10-16)19-21-14(2)12-27-19/h7-10,12-13,17H,3-6,11H2,1-2H3,(H2,22,23,24,25)/t13-,17+/m0/s1. The fourth-order valence-corrected chi connectivity index (χ4v) is 4.03. The molecule has 3 amide bonds. The SMILES string of the molecule is Cc1csc(-c2ccc(OCC(=O)NC(=O)N[C@@H]3CCCC[C@@H]3C)cc2)n1. The molecule has 1 saturated carbocycles. The minimum absolute atomic E-state index is 0.134. The third kappa shape index (κ3) is 5.53. The Morgan fingerprint density at radius 2 is 1.96 bits per heavy atom. The first-order valence-electron chi connectivity index (χ1n) is 9.27. The van der Waals surface area contributed by atoms with Gasteiger partial charge in [0.05, 0.1) is 0 Å². The number of thiazole rings is 1. The molecule has 0 spiro atoms. The maximum Gasteiger partial charge on any atom is 0.321 e. The Balaban J connectivity index is 1.44. The normalized spacial score (nSPS) is 19.3. The molecule has 1 aliphatic carbocycles. The van der Waals surface area contributed by atoms with Crippen LogP contribution >= 0.6 is 11.3 Å². The van der Waals surface area contributed by atoms with E-state index in [2.05, 4.69) is 22.5 Å². The molecular weight excluding hydrogens is 362 g/mol. The van der Waals surface area contributed by atoms with Crippen LogP contribution in [0.5, 0.6) is 5.75 Å². The van der Waals surface area contributed by atoms with E-state index >= 15 is 0 Å². The highest BCUT2D eigenvalue weighted by Crippen LogP contribution is 2.25. The number of benzene rings is 1. The predicted octanol–water partition coefficient (Wildman–Crippen LogP) is 3.90. The Hall–Kier alpha value is -2.41. The first-order chi connectivity index (χ1) is 13.0. The second-order valence-corrected chi connectivity index (χ2v) is 7.86. The Kier molecular flexibility index (Phi) is 6.45. The van der Waals surface area contributed by atoms with Gasteiger partial charge in [-0.15, -0.1) is 11.3 Å². The van der Waals surface area contributed by atoms with Crippen LogP contribution in [0.2, 0.25) is 0 Å². The fraction of sp³-hybridized carbons (Fsp3) is 0.450. The van der Waals surface area contributed by atoms with Crippen LogP contribution in [0.1, 0.15) is 38.3 Å². The van der Waals surface area contributed by atoms with Gasteiger partial charge in [-0.1, -0.05) is 19.8 Å². The van der Waals surface area contributed by atoms with Crippen molar-refractivity contribution in [2.24, 2.45) is 5.92 Å². The number of carbonyl (C=O) groups is 2. The molecule has 1 aromatic carbocycles. The number of amides is 3. The largest absolute Gasteiger partial charge is 0.484 e. The van der Waals surface area contributed by atoms with Gasteiger partial charge in [-0.05, 0) is 49.9 Å². The number of urea groups is 1. The van der Waals surface area contributed by atoms with Crippen LogP contribution in [0, 0.1) is 12.8 Å². The molecule has 0 radical (unpaired) electrons. The number of rotatable bonds is 5. The van der Waals surface area contributed by atoms with E-state index in [-0.39, 0.29) is 12.6 Å². The number of aromatic nitrogens is 1. The van der Waals surface area contributed by atoms with Gasteiger partial charge < -0.3 is 10.1 Å². The van der Waals surface area contributed by atoms with Crippen molar-refractivity contribution >= 4 is 23.3 Å². The van der Waals surface area contributed by atoms with Crippen molar-refractivity contribution in [3.63, 3.8) is 0 Å². The summed E-state index contributed by atoms with van der Waals surface area (Å²) in [4.78, 5) is 28.4. The number of nitrogens with one attached hydrogen (secondary N) is 2. The topological polar surface area (TPSA) is 80.3 Å². The van der Waals surface area contributed by atoms with Crippen LogP contribution in [0.3, 0.4) is 0 Å². The van der Waals surface area contributed by atoms with Gasteiger partial charge in [-0.3, -0.25) is 10.1 Å². The zero-order chi connectivity index (χ0) is 19.2. The van der Waals surface area contributed by atoms with E-state index in [9.17, 15) is 9.59 Å². The van der Waals surface area contributed by atoms with Crippen LogP contribution in [0.4, 0.5) is 4.79 Å². The van der Waals surface area contributed by atoms with E-state index in [1.54, 1.807) is 23.5 Å². The molecule has 27 heavy (non-hydrogen) atoms. The summed E-state index contributed by atoms with van der Waals surface area (Å²) in [6, 6.07) is 7.09. The summed E-state index contributed by atoms with van der Waals surface area (Å²) in [6.07, 6.45) is 4.39. The molecule has 6 nitrogen and oxygen atoms in total. The lowest BCUT2D eigenvalue weighted by Crippen LogP contribution is -2.48. The lowest BCUT2D eigenvalue weighted by atomic mass is 9.86. The maximum absolute atomic E-state index is 12.0. The number of aryl methyl sites for hydroxylation is 1. The van der Waals surface area contributed by atoms with Crippen LogP contribution < -0.4 is 15.4 Å². The van der Waals surface area contributed by atoms with Crippen LogP contribution in [0.25, 0.3) is 10.6 Å². The average molecular weight is 388 g/mol. The Morgan fingerprint density at radius 1 is 1.22 bits per heavy atom. The van der Waals surface area contributed by atoms with E-state index in [0.29, 0.717) is 11.7 Å². The molecular formula is C20H25N3O3S. The van der Waals surface area contributed by atoms with Crippen LogP contribution in [-0.2, 0) is 4.79 Å². The molecule has 2 N–H and O–H groups in total. The molecule has 0 bridgehead atoms. The average Bonchev–Trinajstić information content (AvgIpc) is 3.09. The minimum atomic E-state index is -0.462. The highest BCUT2D eigenvalue weighted by Gasteiger charge is 2.23. The van der Waals surface area contributed by atoms with E-state index in [1.165, 1.54) is 6.42 Å². The summed E-state index contributed by atoms with van der Waals surface area (Å²) in [5.41, 5.74) is 2.00. The molecule has 1 aromatic heterocycles. The number of carbonyl (C=O) groups excluding carboxylic acids is 2. The van der Waals surface area contributed by atoms with Gasteiger partial charge >= 0.3 is 6.03 Å². The van der Waals surface area contributed by atoms with Crippen molar-refractivity contribution in [3.8, 4) is 16.3 Å². The molecule has 0 unspecified atom stereocenters. The zero-order valence-corrected chi connectivity index (χ0v) is 16.5. The quantitative estimate of drug-likeness (QED) is 0.815. The Labute approximate surface area is 163 Å². The summed E-state index contributed by atoms with van der Waals surface area (Å²) < 4.78 is 5.47. The van der Waals surface area contributed by atoms with Gasteiger partial charge in [0.2, 0.25) is 0 Å². The van der Waals surface area contributed by atoms with Crippen molar-refractivity contribution in [2.45, 2.75) is 45.6 Å². The molecule has 1 aliphatic rings. The summed E-state index contributed by atoms with van der Waals surface area (Å²) >= 11 is 1.59. The molecule has 2 atom stereocenters. The number of imide groups is 1. The summed E-state index contributed by atoms with van der Waals surface area (Å²) in [5, 5.41) is 8.18. The number of hydrogen-bond acceptors (Lipinski definition) is 5. The lowest BCUT2D eigenvalue weighted by molar-refractivity contribution is -0.122. The van der Waals surface area contributed by atoms with Crippen molar-refractivity contribution < 1.29 is 14.3 Å². The summed E-state index contributed by atoms with van der Waals surface area (Å²) in [5.74, 6) is 0.551. The van der Waals surface area contributed by atoms with Gasteiger partial charge in [0.15, 0.2) is 6.61 Å². The van der Waals surface area contributed by atoms with Crippen molar-refractivity contribution in [1.29, 1.82) is 0 Å². The van der Waals surface area contributed by atoms with E-state index in [4.69, 9.17) is 4.74 Å². The van der Waals surface area contributed by atoms with Gasteiger partial charge in [0, 0.05) is 22.7 Å². The van der Waals surface area contributed by atoms with E-state index < -0.39 is 11.9 Å². The van der Waals surface area contributed by atoms with Crippen molar-refractivity contribution in [1.82, 2.24) is 15.6 Å². The van der Waals surface area contributed by atoms with Crippen LogP contribution in [0.15, 0.2) is 29.6 Å². The van der Waals surface area contributed by atoms with Gasteiger partial charge in [0.1, 0.15) is 10.8 Å². The van der Waals surface area contributed by atoms with Crippen molar-refractivity contribution in [3.05, 3.63) is 35.3 Å². The minimum Gasteiger partial charge on any atom is -0.484 e. The second-order valence-electron chi connectivity index (χ2n) is 7.00. The molecule has 0 saturated heterocycles. The molecule has 2 aromatic rings. The number of hydrogen-bond donors (Lipinski definition) is 2. The first-order valence-corrected chi connectivity index (χ1v) is 10.1. The van der Waals surface area contributed by atoms with Gasteiger partial charge in [-0.25, -0.2) is 9.78 Å². The molecule has 3 rings (SSSR count). The lowest BCUT2D eigenvalue weighted by Gasteiger charge is -2.29. The second kappa shape index (κ2) is 8.99. The first kappa shape index (κ1) is 19.4. The van der Waals surface area contributed by atoms with E-state index in [1.807, 2.05) is 24.4 Å². The molecule has 1 heterocycles. The maximum atomic E-state index is 12.0.